The molecule has 1 atom stereocenters. The fraction of sp³-hybridized carbons (Fsp3) is 0.320. The van der Waals surface area contributed by atoms with E-state index >= 15 is 0 Å². The number of nitrogens with zero attached hydrogens (tertiary/aromatic N) is 2. The van der Waals surface area contributed by atoms with Crippen molar-refractivity contribution in [3.63, 3.8) is 0 Å². The number of amides is 1. The van der Waals surface area contributed by atoms with E-state index in [1.807, 2.05) is 30.3 Å². The van der Waals surface area contributed by atoms with Gasteiger partial charge in [0.15, 0.2) is 5.78 Å². The Bertz CT molecular complexity index is 1510. The number of hydrogen-bond acceptors (Lipinski definition) is 6. The maximum Gasteiger partial charge on any atom is 0.471 e. The predicted octanol–water partition coefficient (Wildman–Crippen LogP) is 2.77. The lowest BCUT2D eigenvalue weighted by Gasteiger charge is -2.36. The highest BCUT2D eigenvalue weighted by molar-refractivity contribution is 5.95. The number of para-hydroxylation sites is 1. The SMILES string of the molecule is CC[C@]1(CC(=O)CNC(=O)C(F)(F)F)C(=O)OCc2c1cc1n(c2=O)Cc2cc3ccccc3nc2-1. The number of halogens is 3. The third-order valence-corrected chi connectivity index (χ3v) is 6.83. The molecule has 0 unspecified atom stereocenters. The van der Waals surface area contributed by atoms with Crippen molar-refractivity contribution in [3.05, 3.63) is 63.4 Å². The van der Waals surface area contributed by atoms with Gasteiger partial charge in [0, 0.05) is 17.4 Å². The number of carbonyl (C=O) groups is 3. The number of ether oxygens (including phenoxy) is 1. The smallest absolute Gasteiger partial charge is 0.460 e. The highest BCUT2D eigenvalue weighted by Crippen LogP contribution is 2.42. The van der Waals surface area contributed by atoms with E-state index in [1.54, 1.807) is 17.6 Å². The minimum absolute atomic E-state index is 0.0543. The van der Waals surface area contributed by atoms with Crippen molar-refractivity contribution in [2.75, 3.05) is 6.54 Å². The molecule has 0 spiro atoms. The summed E-state index contributed by atoms with van der Waals surface area (Å²) >= 11 is 0. The van der Waals surface area contributed by atoms with Crippen molar-refractivity contribution in [2.24, 2.45) is 0 Å². The molecular weight excluding hydrogens is 479 g/mol. The topological polar surface area (TPSA) is 107 Å². The van der Waals surface area contributed by atoms with Crippen LogP contribution in [0, 0.1) is 0 Å². The first-order valence-corrected chi connectivity index (χ1v) is 11.3. The summed E-state index contributed by atoms with van der Waals surface area (Å²) in [5.41, 5.74) is 1.18. The fourth-order valence-corrected chi connectivity index (χ4v) is 4.97. The summed E-state index contributed by atoms with van der Waals surface area (Å²) < 4.78 is 44.4. The lowest BCUT2D eigenvalue weighted by molar-refractivity contribution is -0.173. The Labute approximate surface area is 202 Å². The van der Waals surface area contributed by atoms with Crippen LogP contribution in [0.2, 0.25) is 0 Å². The molecule has 186 valence electrons. The van der Waals surface area contributed by atoms with Gasteiger partial charge in [-0.15, -0.1) is 0 Å². The van der Waals surface area contributed by atoms with Crippen LogP contribution >= 0.6 is 0 Å². The second-order valence-electron chi connectivity index (χ2n) is 8.91. The van der Waals surface area contributed by atoms with E-state index < -0.39 is 42.2 Å². The van der Waals surface area contributed by atoms with Crippen molar-refractivity contribution in [1.82, 2.24) is 14.9 Å². The molecule has 1 amide bonds. The van der Waals surface area contributed by atoms with Crippen LogP contribution in [0.3, 0.4) is 0 Å². The monoisotopic (exact) mass is 499 g/mol. The first-order chi connectivity index (χ1) is 17.0. The highest BCUT2D eigenvalue weighted by atomic mass is 19.4. The van der Waals surface area contributed by atoms with Gasteiger partial charge in [0.25, 0.3) is 5.56 Å². The average molecular weight is 499 g/mol. The van der Waals surface area contributed by atoms with Gasteiger partial charge in [-0.05, 0) is 30.2 Å². The first kappa shape index (κ1) is 23.7. The molecule has 0 bridgehead atoms. The van der Waals surface area contributed by atoms with E-state index in [2.05, 4.69) is 0 Å². The van der Waals surface area contributed by atoms with Gasteiger partial charge in [0.2, 0.25) is 0 Å². The molecule has 0 radical (unpaired) electrons. The number of pyridine rings is 2. The van der Waals surface area contributed by atoms with Gasteiger partial charge in [-0.2, -0.15) is 13.2 Å². The van der Waals surface area contributed by atoms with Crippen LogP contribution in [-0.2, 0) is 37.7 Å². The Morgan fingerprint density at radius 3 is 2.67 bits per heavy atom. The predicted molar refractivity (Wildman–Crippen MR) is 121 cm³/mol. The van der Waals surface area contributed by atoms with Crippen LogP contribution in [-0.4, -0.2) is 39.9 Å². The maximum absolute atomic E-state index is 13.5. The molecule has 1 N–H and O–H groups in total. The molecule has 2 aliphatic heterocycles. The average Bonchev–Trinajstić information content (AvgIpc) is 3.20. The van der Waals surface area contributed by atoms with Crippen LogP contribution < -0.4 is 10.9 Å². The Morgan fingerprint density at radius 2 is 1.94 bits per heavy atom. The van der Waals surface area contributed by atoms with Gasteiger partial charge in [-0.3, -0.25) is 19.2 Å². The van der Waals surface area contributed by atoms with Crippen LogP contribution in [0.1, 0.15) is 36.5 Å². The standard InChI is InChI=1S/C25H20F3N3O5/c1-2-24(9-15(32)10-29-22(34)25(26,27)28)17-8-19-20-14(7-13-5-3-4-6-18(13)30-20)11-31(19)21(33)16(17)12-36-23(24)35/h3-8H,2,9-12H2,1H3,(H,29,34)/t24-/m1/s1. The molecule has 4 heterocycles. The number of nitrogens with one attached hydrogen (secondary N) is 1. The van der Waals surface area contributed by atoms with Crippen LogP contribution in [0.15, 0.2) is 41.2 Å². The molecule has 8 nitrogen and oxygen atoms in total. The zero-order valence-electron chi connectivity index (χ0n) is 19.1. The van der Waals surface area contributed by atoms with E-state index in [0.29, 0.717) is 17.0 Å². The quantitative estimate of drug-likeness (QED) is 0.423. The van der Waals surface area contributed by atoms with Gasteiger partial charge in [-0.25, -0.2) is 4.98 Å². The third-order valence-electron chi connectivity index (χ3n) is 6.83. The maximum atomic E-state index is 13.5. The Kier molecular flexibility index (Phi) is 5.46. The largest absolute Gasteiger partial charge is 0.471 e. The van der Waals surface area contributed by atoms with E-state index in [9.17, 15) is 32.3 Å². The summed E-state index contributed by atoms with van der Waals surface area (Å²) in [6.07, 6.45) is -5.62. The number of fused-ring (bicyclic) bond motifs is 5. The molecule has 0 aliphatic carbocycles. The van der Waals surface area contributed by atoms with Gasteiger partial charge >= 0.3 is 18.1 Å². The number of ketones is 1. The number of alkyl halides is 3. The molecule has 0 fully saturated rings. The number of benzene rings is 1. The highest BCUT2D eigenvalue weighted by Gasteiger charge is 2.48. The number of Topliss-reactive ketones (excluding diaryl/α,β-unsaturated/α-hetero) is 1. The summed E-state index contributed by atoms with van der Waals surface area (Å²) in [4.78, 5) is 55.0. The van der Waals surface area contributed by atoms with Gasteiger partial charge in [0.1, 0.15) is 12.0 Å². The molecular formula is C25H20F3N3O5. The van der Waals surface area contributed by atoms with E-state index in [-0.39, 0.29) is 30.7 Å². The summed E-state index contributed by atoms with van der Waals surface area (Å²) in [6.45, 7) is 0.718. The number of aromatic nitrogens is 2. The molecule has 0 saturated carbocycles. The number of hydrogen-bond donors (Lipinski definition) is 1. The molecule has 36 heavy (non-hydrogen) atoms. The zero-order chi connectivity index (χ0) is 25.8. The lowest BCUT2D eigenvalue weighted by atomic mass is 9.71. The second-order valence-corrected chi connectivity index (χ2v) is 8.91. The second kappa shape index (κ2) is 8.28. The number of esters is 1. The zero-order valence-corrected chi connectivity index (χ0v) is 19.1. The lowest BCUT2D eigenvalue weighted by Crippen LogP contribution is -2.47. The van der Waals surface area contributed by atoms with E-state index in [4.69, 9.17) is 9.72 Å². The van der Waals surface area contributed by atoms with Crippen LogP contribution in [0.4, 0.5) is 13.2 Å². The Hall–Kier alpha value is -4.02. The summed E-state index contributed by atoms with van der Waals surface area (Å²) in [6, 6.07) is 11.1. The number of rotatable bonds is 5. The number of carbonyl (C=O) groups excluding carboxylic acids is 3. The van der Waals surface area contributed by atoms with Crippen molar-refractivity contribution in [1.29, 1.82) is 0 Å². The molecule has 11 heteroatoms. The Balaban J connectivity index is 1.57. The first-order valence-electron chi connectivity index (χ1n) is 11.3. The molecule has 2 aromatic heterocycles. The van der Waals surface area contributed by atoms with Crippen molar-refractivity contribution >= 4 is 28.6 Å². The third kappa shape index (κ3) is 3.66. The van der Waals surface area contributed by atoms with Crippen molar-refractivity contribution in [3.8, 4) is 11.4 Å². The minimum atomic E-state index is -5.14. The molecule has 2 aliphatic rings. The van der Waals surface area contributed by atoms with Crippen molar-refractivity contribution < 1.29 is 32.3 Å². The molecule has 3 aromatic rings. The molecule has 1 aromatic carbocycles. The normalized spacial score (nSPS) is 18.3. The van der Waals surface area contributed by atoms with Gasteiger partial charge in [0.05, 0.1) is 35.6 Å². The fourth-order valence-electron chi connectivity index (χ4n) is 4.97. The van der Waals surface area contributed by atoms with E-state index in [0.717, 1.165) is 16.5 Å². The van der Waals surface area contributed by atoms with Crippen molar-refractivity contribution in [2.45, 2.75) is 44.5 Å². The molecule has 0 saturated heterocycles. The minimum Gasteiger partial charge on any atom is -0.460 e. The van der Waals surface area contributed by atoms with Crippen LogP contribution in [0.25, 0.3) is 22.3 Å². The summed E-state index contributed by atoms with van der Waals surface area (Å²) in [7, 11) is 0. The van der Waals surface area contributed by atoms with E-state index in [1.165, 1.54) is 5.32 Å². The Morgan fingerprint density at radius 1 is 1.19 bits per heavy atom. The molecule has 5 rings (SSSR count). The summed E-state index contributed by atoms with van der Waals surface area (Å²) in [5.74, 6) is -3.80. The van der Waals surface area contributed by atoms with Gasteiger partial charge < -0.3 is 14.6 Å². The summed E-state index contributed by atoms with van der Waals surface area (Å²) in [5, 5.41) is 2.45. The number of cyclic esters (lactones) is 1. The van der Waals surface area contributed by atoms with Gasteiger partial charge in [-0.1, -0.05) is 25.1 Å². The van der Waals surface area contributed by atoms with Crippen LogP contribution in [0.5, 0.6) is 0 Å².